The van der Waals surface area contributed by atoms with E-state index in [4.69, 9.17) is 11.6 Å². The zero-order valence-electron chi connectivity index (χ0n) is 9.16. The topological polar surface area (TPSA) is 38.7 Å². The molecule has 3 nitrogen and oxygen atoms in total. The van der Waals surface area contributed by atoms with Gasteiger partial charge in [0, 0.05) is 5.56 Å². The van der Waals surface area contributed by atoms with Crippen molar-refractivity contribution in [3.05, 3.63) is 40.7 Å². The van der Waals surface area contributed by atoms with Gasteiger partial charge in [-0.05, 0) is 6.92 Å². The predicted octanol–water partition coefficient (Wildman–Crippen LogP) is 3.52. The Kier molecular flexibility index (Phi) is 3.21. The van der Waals surface area contributed by atoms with Gasteiger partial charge in [-0.2, -0.15) is 13.2 Å². The molecule has 0 saturated heterocycles. The molecule has 0 atom stereocenters. The molecule has 0 saturated carbocycles. The normalized spacial score (nSPS) is 11.6. The van der Waals surface area contributed by atoms with E-state index in [-0.39, 0.29) is 5.82 Å². The molecule has 0 amide bonds. The van der Waals surface area contributed by atoms with Crippen LogP contribution in [0, 0.1) is 6.92 Å². The van der Waals surface area contributed by atoms with Crippen molar-refractivity contribution in [2.75, 3.05) is 0 Å². The Morgan fingerprint density at radius 3 is 2.17 bits per heavy atom. The fourth-order valence-corrected chi connectivity index (χ4v) is 1.53. The highest BCUT2D eigenvalue weighted by molar-refractivity contribution is 6.30. The number of aromatic nitrogens is 3. The third-order valence-electron chi connectivity index (χ3n) is 2.22. The Labute approximate surface area is 106 Å². The van der Waals surface area contributed by atoms with Gasteiger partial charge >= 0.3 is 6.18 Å². The van der Waals surface area contributed by atoms with Crippen LogP contribution in [-0.2, 0) is 6.18 Å². The van der Waals surface area contributed by atoms with Gasteiger partial charge in [0.2, 0.25) is 5.69 Å². The van der Waals surface area contributed by atoms with E-state index in [0.29, 0.717) is 5.56 Å². The zero-order chi connectivity index (χ0) is 13.3. The van der Waals surface area contributed by atoms with Crippen molar-refractivity contribution in [3.63, 3.8) is 0 Å². The first-order chi connectivity index (χ1) is 8.38. The van der Waals surface area contributed by atoms with Gasteiger partial charge in [0.1, 0.15) is 0 Å². The van der Waals surface area contributed by atoms with Crippen LogP contribution in [0.3, 0.4) is 0 Å². The lowest BCUT2D eigenvalue weighted by atomic mass is 10.1. The molecule has 18 heavy (non-hydrogen) atoms. The van der Waals surface area contributed by atoms with Gasteiger partial charge in [-0.25, -0.2) is 4.98 Å². The second kappa shape index (κ2) is 4.53. The van der Waals surface area contributed by atoms with Crippen LogP contribution in [0.1, 0.15) is 11.3 Å². The average Bonchev–Trinajstić information content (AvgIpc) is 2.28. The molecule has 2 rings (SSSR count). The van der Waals surface area contributed by atoms with Crippen LogP contribution in [0.4, 0.5) is 13.2 Å². The molecule has 0 unspecified atom stereocenters. The minimum absolute atomic E-state index is 0.0630. The van der Waals surface area contributed by atoms with Crippen LogP contribution in [-0.4, -0.2) is 15.2 Å². The van der Waals surface area contributed by atoms with E-state index in [2.05, 4.69) is 15.2 Å². The van der Waals surface area contributed by atoms with Gasteiger partial charge in [-0.3, -0.25) is 0 Å². The number of aryl methyl sites for hydroxylation is 1. The first kappa shape index (κ1) is 12.8. The number of alkyl halides is 3. The van der Waals surface area contributed by atoms with Gasteiger partial charge in [0.25, 0.3) is 0 Å². The standard InChI is InChI=1S/C11H7ClF3N3/c1-6-2-4-7(5-3-6)10-16-9(12)8(17-18-10)11(13,14)15/h2-5H,1H3. The third kappa shape index (κ3) is 2.59. The van der Waals surface area contributed by atoms with E-state index in [1.807, 2.05) is 6.92 Å². The van der Waals surface area contributed by atoms with E-state index < -0.39 is 17.0 Å². The summed E-state index contributed by atoms with van der Waals surface area (Å²) >= 11 is 5.46. The SMILES string of the molecule is Cc1ccc(-c2nnc(C(F)(F)F)c(Cl)n2)cc1. The quantitative estimate of drug-likeness (QED) is 0.798. The molecule has 0 spiro atoms. The molecule has 0 N–H and O–H groups in total. The molecule has 1 heterocycles. The maximum atomic E-state index is 12.4. The van der Waals surface area contributed by atoms with Crippen LogP contribution in [0.5, 0.6) is 0 Å². The molecule has 94 valence electrons. The maximum Gasteiger partial charge on any atom is 0.438 e. The summed E-state index contributed by atoms with van der Waals surface area (Å²) in [7, 11) is 0. The number of hydrogen-bond donors (Lipinski definition) is 0. The number of halogens is 4. The minimum Gasteiger partial charge on any atom is -0.212 e. The molecular formula is C11H7ClF3N3. The zero-order valence-corrected chi connectivity index (χ0v) is 9.92. The second-order valence-corrected chi connectivity index (χ2v) is 4.00. The molecular weight excluding hydrogens is 267 g/mol. The van der Waals surface area contributed by atoms with Gasteiger partial charge in [-0.15, -0.1) is 10.2 Å². The average molecular weight is 274 g/mol. The van der Waals surface area contributed by atoms with E-state index in [9.17, 15) is 13.2 Å². The molecule has 1 aromatic heterocycles. The molecule has 2 aromatic rings. The molecule has 0 aliphatic heterocycles. The predicted molar refractivity (Wildman–Crippen MR) is 60.0 cm³/mol. The third-order valence-corrected chi connectivity index (χ3v) is 2.49. The Hall–Kier alpha value is -1.69. The Balaban J connectivity index is 2.43. The Morgan fingerprint density at radius 2 is 1.67 bits per heavy atom. The van der Waals surface area contributed by atoms with Gasteiger partial charge in [-0.1, -0.05) is 41.4 Å². The van der Waals surface area contributed by atoms with Crippen LogP contribution >= 0.6 is 11.6 Å². The van der Waals surface area contributed by atoms with Crippen molar-refractivity contribution in [1.29, 1.82) is 0 Å². The summed E-state index contributed by atoms with van der Waals surface area (Å²) in [6.07, 6.45) is -4.65. The Bertz CT molecular complexity index is 567. The summed E-state index contributed by atoms with van der Waals surface area (Å²) in [6, 6.07) is 6.97. The van der Waals surface area contributed by atoms with Crippen molar-refractivity contribution < 1.29 is 13.2 Å². The number of rotatable bonds is 1. The van der Waals surface area contributed by atoms with Crippen LogP contribution in [0.2, 0.25) is 5.15 Å². The lowest BCUT2D eigenvalue weighted by molar-refractivity contribution is -0.141. The summed E-state index contributed by atoms with van der Waals surface area (Å²) in [5.74, 6) is 0.0630. The fraction of sp³-hybridized carbons (Fsp3) is 0.182. The lowest BCUT2D eigenvalue weighted by Gasteiger charge is -2.07. The monoisotopic (exact) mass is 273 g/mol. The van der Waals surface area contributed by atoms with Crippen molar-refractivity contribution in [3.8, 4) is 11.4 Å². The highest BCUT2D eigenvalue weighted by Crippen LogP contribution is 2.32. The van der Waals surface area contributed by atoms with Crippen LogP contribution < -0.4 is 0 Å². The van der Waals surface area contributed by atoms with Crippen molar-refractivity contribution >= 4 is 11.6 Å². The van der Waals surface area contributed by atoms with Crippen LogP contribution in [0.15, 0.2) is 24.3 Å². The van der Waals surface area contributed by atoms with Crippen molar-refractivity contribution in [1.82, 2.24) is 15.2 Å². The molecule has 7 heteroatoms. The van der Waals surface area contributed by atoms with Crippen LogP contribution in [0.25, 0.3) is 11.4 Å². The molecule has 0 bridgehead atoms. The van der Waals surface area contributed by atoms with Crippen molar-refractivity contribution in [2.24, 2.45) is 0 Å². The molecule has 0 radical (unpaired) electrons. The van der Waals surface area contributed by atoms with E-state index in [1.165, 1.54) is 0 Å². The summed E-state index contributed by atoms with van der Waals surface area (Å²) in [5, 5.41) is 5.82. The van der Waals surface area contributed by atoms with Gasteiger partial charge < -0.3 is 0 Å². The highest BCUT2D eigenvalue weighted by Gasteiger charge is 2.37. The van der Waals surface area contributed by atoms with E-state index in [0.717, 1.165) is 5.56 Å². The van der Waals surface area contributed by atoms with Crippen molar-refractivity contribution in [2.45, 2.75) is 13.1 Å². The molecule has 0 fully saturated rings. The smallest absolute Gasteiger partial charge is 0.212 e. The van der Waals surface area contributed by atoms with Gasteiger partial charge in [0.15, 0.2) is 11.0 Å². The lowest BCUT2D eigenvalue weighted by Crippen LogP contribution is -2.12. The summed E-state index contributed by atoms with van der Waals surface area (Å²) < 4.78 is 37.2. The fourth-order valence-electron chi connectivity index (χ4n) is 1.31. The first-order valence-corrected chi connectivity index (χ1v) is 5.30. The Morgan fingerprint density at radius 1 is 1.06 bits per heavy atom. The highest BCUT2D eigenvalue weighted by atomic mass is 35.5. The summed E-state index contributed by atoms with van der Waals surface area (Å²) in [5.41, 5.74) is 0.300. The maximum absolute atomic E-state index is 12.4. The molecule has 0 aliphatic carbocycles. The number of hydrogen-bond acceptors (Lipinski definition) is 3. The summed E-state index contributed by atoms with van der Waals surface area (Å²) in [4.78, 5) is 3.61. The largest absolute Gasteiger partial charge is 0.438 e. The first-order valence-electron chi connectivity index (χ1n) is 4.92. The minimum atomic E-state index is -4.65. The van der Waals surface area contributed by atoms with E-state index >= 15 is 0 Å². The number of benzene rings is 1. The van der Waals surface area contributed by atoms with Gasteiger partial charge in [0.05, 0.1) is 0 Å². The molecule has 0 aliphatic rings. The second-order valence-electron chi connectivity index (χ2n) is 3.64. The number of nitrogens with zero attached hydrogens (tertiary/aromatic N) is 3. The molecule has 1 aromatic carbocycles. The summed E-state index contributed by atoms with van der Waals surface area (Å²) in [6.45, 7) is 1.89. The van der Waals surface area contributed by atoms with E-state index in [1.54, 1.807) is 24.3 Å².